The van der Waals surface area contributed by atoms with Crippen molar-refractivity contribution in [2.24, 2.45) is 4.99 Å². The third-order valence-electron chi connectivity index (χ3n) is 3.44. The molecule has 2 rings (SSSR count). The van der Waals surface area contributed by atoms with E-state index in [0.29, 0.717) is 0 Å². The van der Waals surface area contributed by atoms with Crippen LogP contribution in [0.5, 0.6) is 0 Å². The molecule has 0 fully saturated rings. The summed E-state index contributed by atoms with van der Waals surface area (Å²) in [6.07, 6.45) is 1.70. The maximum absolute atomic E-state index is 10.6. The minimum absolute atomic E-state index is 0.0840. The molecule has 5 nitrogen and oxygen atoms in total. The highest BCUT2D eigenvalue weighted by Gasteiger charge is 2.03. The first-order chi connectivity index (χ1) is 10.6. The fourth-order valence-electron chi connectivity index (χ4n) is 2.17. The third kappa shape index (κ3) is 3.91. The lowest BCUT2D eigenvalue weighted by molar-refractivity contribution is -0.384. The molecule has 0 aromatic heterocycles. The molecular formula is C17H19N3O2. The van der Waals surface area contributed by atoms with E-state index in [1.54, 1.807) is 18.3 Å². The number of nitrogens with zero attached hydrogens (tertiary/aromatic N) is 3. The van der Waals surface area contributed by atoms with E-state index >= 15 is 0 Å². The summed E-state index contributed by atoms with van der Waals surface area (Å²) in [5, 5.41) is 10.6. The summed E-state index contributed by atoms with van der Waals surface area (Å²) in [6.45, 7) is 6.21. The maximum Gasteiger partial charge on any atom is 0.269 e. The van der Waals surface area contributed by atoms with E-state index in [9.17, 15) is 10.1 Å². The van der Waals surface area contributed by atoms with Crippen molar-refractivity contribution >= 4 is 23.3 Å². The van der Waals surface area contributed by atoms with Crippen LogP contribution in [0.4, 0.5) is 17.1 Å². The summed E-state index contributed by atoms with van der Waals surface area (Å²) in [5.74, 6) is 0. The topological polar surface area (TPSA) is 58.7 Å². The summed E-state index contributed by atoms with van der Waals surface area (Å²) in [7, 11) is 0. The van der Waals surface area contributed by atoms with Gasteiger partial charge in [0.05, 0.1) is 10.6 Å². The Balaban J connectivity index is 2.08. The van der Waals surface area contributed by atoms with E-state index in [2.05, 4.69) is 35.9 Å². The lowest BCUT2D eigenvalue weighted by atomic mass is 10.2. The molecule has 114 valence electrons. The number of nitro benzene ring substituents is 1. The second-order valence-corrected chi connectivity index (χ2v) is 4.80. The minimum atomic E-state index is -0.410. The normalized spacial score (nSPS) is 10.8. The molecule has 22 heavy (non-hydrogen) atoms. The van der Waals surface area contributed by atoms with Gasteiger partial charge in [-0.25, -0.2) is 0 Å². The predicted molar refractivity (Wildman–Crippen MR) is 90.4 cm³/mol. The van der Waals surface area contributed by atoms with E-state index in [4.69, 9.17) is 0 Å². The Morgan fingerprint density at radius 3 is 2.14 bits per heavy atom. The molecule has 0 spiro atoms. The number of hydrogen-bond acceptors (Lipinski definition) is 4. The Morgan fingerprint density at radius 1 is 1.05 bits per heavy atom. The summed E-state index contributed by atoms with van der Waals surface area (Å²) in [4.78, 5) is 16.8. The highest BCUT2D eigenvalue weighted by atomic mass is 16.6. The Labute approximate surface area is 130 Å². The highest BCUT2D eigenvalue weighted by molar-refractivity contribution is 5.82. The van der Waals surface area contributed by atoms with E-state index in [-0.39, 0.29) is 5.69 Å². The molecule has 5 heteroatoms. The van der Waals surface area contributed by atoms with E-state index in [1.807, 2.05) is 12.1 Å². The summed E-state index contributed by atoms with van der Waals surface area (Å²) in [5.41, 5.74) is 2.95. The van der Waals surface area contributed by atoms with E-state index in [1.165, 1.54) is 17.8 Å². The quantitative estimate of drug-likeness (QED) is 0.456. The second-order valence-electron chi connectivity index (χ2n) is 4.80. The predicted octanol–water partition coefficient (Wildman–Crippen LogP) is 4.19. The zero-order valence-electron chi connectivity index (χ0n) is 12.8. The molecular weight excluding hydrogens is 278 g/mol. The van der Waals surface area contributed by atoms with Crippen molar-refractivity contribution in [3.63, 3.8) is 0 Å². The van der Waals surface area contributed by atoms with Gasteiger partial charge in [0.15, 0.2) is 0 Å². The van der Waals surface area contributed by atoms with Gasteiger partial charge in [-0.05, 0) is 55.8 Å². The van der Waals surface area contributed by atoms with E-state index < -0.39 is 4.92 Å². The van der Waals surface area contributed by atoms with Crippen LogP contribution in [0.2, 0.25) is 0 Å². The first kappa shape index (κ1) is 15.7. The van der Waals surface area contributed by atoms with Gasteiger partial charge in [-0.1, -0.05) is 0 Å². The van der Waals surface area contributed by atoms with Crippen molar-refractivity contribution in [3.05, 3.63) is 64.2 Å². The number of aliphatic imine (C=N–C) groups is 1. The van der Waals surface area contributed by atoms with Crippen molar-refractivity contribution in [2.45, 2.75) is 13.8 Å². The molecule has 0 radical (unpaired) electrons. The Morgan fingerprint density at radius 2 is 1.64 bits per heavy atom. The monoisotopic (exact) mass is 297 g/mol. The summed E-state index contributed by atoms with van der Waals surface area (Å²) < 4.78 is 0. The number of non-ortho nitro benzene ring substituents is 1. The number of rotatable bonds is 6. The van der Waals surface area contributed by atoms with Crippen molar-refractivity contribution < 1.29 is 4.92 Å². The van der Waals surface area contributed by atoms with Crippen LogP contribution >= 0.6 is 0 Å². The molecule has 0 aliphatic carbocycles. The molecule has 0 amide bonds. The van der Waals surface area contributed by atoms with Crippen LogP contribution in [0.15, 0.2) is 53.5 Å². The van der Waals surface area contributed by atoms with Crippen LogP contribution in [-0.2, 0) is 0 Å². The molecule has 0 saturated heterocycles. The van der Waals surface area contributed by atoms with Crippen LogP contribution in [0.1, 0.15) is 19.4 Å². The van der Waals surface area contributed by atoms with E-state index in [0.717, 1.165) is 24.3 Å². The fraction of sp³-hybridized carbons (Fsp3) is 0.235. The highest BCUT2D eigenvalue weighted by Crippen LogP contribution is 2.20. The number of benzene rings is 2. The molecule has 0 saturated carbocycles. The molecule has 2 aromatic rings. The molecule has 0 aliphatic heterocycles. The molecule has 0 atom stereocenters. The van der Waals surface area contributed by atoms with Crippen LogP contribution < -0.4 is 4.90 Å². The van der Waals surface area contributed by atoms with Crippen LogP contribution in [0.25, 0.3) is 0 Å². The third-order valence-corrected chi connectivity index (χ3v) is 3.44. The molecule has 0 unspecified atom stereocenters. The molecule has 0 aliphatic rings. The Hall–Kier alpha value is -2.69. The zero-order chi connectivity index (χ0) is 15.9. The zero-order valence-corrected chi connectivity index (χ0v) is 12.8. The SMILES string of the molecule is CCN(CC)c1ccc(N=Cc2ccc([N+](=O)[O-])cc2)cc1. The lowest BCUT2D eigenvalue weighted by Gasteiger charge is -2.20. The molecule has 0 N–H and O–H groups in total. The lowest BCUT2D eigenvalue weighted by Crippen LogP contribution is -2.21. The van der Waals surface area contributed by atoms with Crippen LogP contribution in [0.3, 0.4) is 0 Å². The summed E-state index contributed by atoms with van der Waals surface area (Å²) >= 11 is 0. The molecule has 2 aromatic carbocycles. The first-order valence-electron chi connectivity index (χ1n) is 7.27. The van der Waals surface area contributed by atoms with Gasteiger partial charge in [-0.2, -0.15) is 0 Å². The van der Waals surface area contributed by atoms with Gasteiger partial charge in [0.2, 0.25) is 0 Å². The van der Waals surface area contributed by atoms with Crippen molar-refractivity contribution in [1.82, 2.24) is 0 Å². The van der Waals surface area contributed by atoms with Crippen molar-refractivity contribution in [1.29, 1.82) is 0 Å². The van der Waals surface area contributed by atoms with Gasteiger partial charge in [0.25, 0.3) is 5.69 Å². The number of anilines is 1. The van der Waals surface area contributed by atoms with Gasteiger partial charge in [0.1, 0.15) is 0 Å². The smallest absolute Gasteiger partial charge is 0.269 e. The van der Waals surface area contributed by atoms with Crippen molar-refractivity contribution in [2.75, 3.05) is 18.0 Å². The van der Waals surface area contributed by atoms with Gasteiger partial charge in [-0.3, -0.25) is 15.1 Å². The minimum Gasteiger partial charge on any atom is -0.372 e. The Bertz CT molecular complexity index is 645. The molecule has 0 heterocycles. The van der Waals surface area contributed by atoms with Gasteiger partial charge < -0.3 is 4.90 Å². The van der Waals surface area contributed by atoms with Gasteiger partial charge in [-0.15, -0.1) is 0 Å². The largest absolute Gasteiger partial charge is 0.372 e. The average molecular weight is 297 g/mol. The first-order valence-corrected chi connectivity index (χ1v) is 7.27. The second kappa shape index (κ2) is 7.36. The summed E-state index contributed by atoms with van der Waals surface area (Å²) in [6, 6.07) is 14.4. The number of hydrogen-bond donors (Lipinski definition) is 0. The molecule has 0 bridgehead atoms. The van der Waals surface area contributed by atoms with Gasteiger partial charge in [0, 0.05) is 37.1 Å². The Kier molecular flexibility index (Phi) is 5.25. The van der Waals surface area contributed by atoms with Gasteiger partial charge >= 0.3 is 0 Å². The number of nitro groups is 1. The van der Waals surface area contributed by atoms with Crippen LogP contribution in [0, 0.1) is 10.1 Å². The van der Waals surface area contributed by atoms with Crippen molar-refractivity contribution in [3.8, 4) is 0 Å². The maximum atomic E-state index is 10.6. The van der Waals surface area contributed by atoms with Crippen LogP contribution in [-0.4, -0.2) is 24.2 Å². The standard InChI is InChI=1S/C17H19N3O2/c1-3-19(4-2)16-11-7-15(8-12-16)18-13-14-5-9-17(10-6-14)20(21)22/h5-13H,3-4H2,1-2H3. The average Bonchev–Trinajstić information content (AvgIpc) is 2.55. The fourth-order valence-corrected chi connectivity index (χ4v) is 2.17.